The van der Waals surface area contributed by atoms with Gasteiger partial charge in [-0.15, -0.1) is 0 Å². The predicted octanol–water partition coefficient (Wildman–Crippen LogP) is -2.43. The van der Waals surface area contributed by atoms with Crippen molar-refractivity contribution in [2.75, 3.05) is 5.75 Å². The third kappa shape index (κ3) is 6.33. The van der Waals surface area contributed by atoms with Crippen LogP contribution in [-0.4, -0.2) is 23.3 Å². The van der Waals surface area contributed by atoms with Gasteiger partial charge in [0.1, 0.15) is 4.58 Å². The van der Waals surface area contributed by atoms with Crippen LogP contribution in [0.25, 0.3) is 0 Å². The minimum atomic E-state index is -3.95. The monoisotopic (exact) mass is 212 g/mol. The minimum absolute atomic E-state index is 0. The fourth-order valence-electron chi connectivity index (χ4n) is 0.259. The molecule has 0 saturated carbocycles. The van der Waals surface area contributed by atoms with Crippen molar-refractivity contribution >= 4 is 35.4 Å². The first-order valence-corrected chi connectivity index (χ1v) is 4.89. The molecular formula is C3H9NaO3S3. The Labute approximate surface area is 95.3 Å². The van der Waals surface area contributed by atoms with E-state index in [-0.39, 0.29) is 37.4 Å². The smallest absolute Gasteiger partial charge is 1.00 e. The van der Waals surface area contributed by atoms with Gasteiger partial charge in [-0.3, -0.25) is 4.55 Å². The largest absolute Gasteiger partial charge is 1.00 e. The second-order valence-corrected chi connectivity index (χ2v) is 4.50. The maximum Gasteiger partial charge on any atom is 1.00 e. The molecule has 1 N–H and O–H groups in total. The Kier molecular flexibility index (Phi) is 8.72. The average molecular weight is 212 g/mol. The number of hydrogen-bond donors (Lipinski definition) is 3. The van der Waals surface area contributed by atoms with Gasteiger partial charge in [-0.1, -0.05) is 0 Å². The molecule has 58 valence electrons. The fourth-order valence-corrected chi connectivity index (χ4v) is 1.44. The fraction of sp³-hybridized carbons (Fsp3) is 1.00. The van der Waals surface area contributed by atoms with E-state index in [0.717, 1.165) is 0 Å². The van der Waals surface area contributed by atoms with Gasteiger partial charge in [0.25, 0.3) is 10.1 Å². The first-order chi connectivity index (χ1) is 3.98. The van der Waals surface area contributed by atoms with Crippen molar-refractivity contribution < 1.29 is 44.0 Å². The normalized spacial score (nSPS) is 13.9. The summed E-state index contributed by atoms with van der Waals surface area (Å²) in [6.07, 6.45) is 0.255. The van der Waals surface area contributed by atoms with Gasteiger partial charge in [0.2, 0.25) is 0 Å². The SMILES string of the molecule is O=S(=O)(O)C(S)CCS.[H-].[Na+]. The molecule has 0 bridgehead atoms. The van der Waals surface area contributed by atoms with Crippen molar-refractivity contribution in [1.82, 2.24) is 0 Å². The van der Waals surface area contributed by atoms with E-state index in [2.05, 4.69) is 25.3 Å². The van der Waals surface area contributed by atoms with Crippen LogP contribution >= 0.6 is 25.3 Å². The van der Waals surface area contributed by atoms with E-state index in [4.69, 9.17) is 4.55 Å². The van der Waals surface area contributed by atoms with Gasteiger partial charge in [0.15, 0.2) is 0 Å². The van der Waals surface area contributed by atoms with E-state index in [1.807, 2.05) is 0 Å². The summed E-state index contributed by atoms with van der Waals surface area (Å²) < 4.78 is 27.6. The Hall–Kier alpha value is 1.61. The molecule has 0 fully saturated rings. The van der Waals surface area contributed by atoms with Gasteiger partial charge in [0, 0.05) is 0 Å². The summed E-state index contributed by atoms with van der Waals surface area (Å²) in [4.78, 5) is 0. The van der Waals surface area contributed by atoms with E-state index < -0.39 is 14.7 Å². The average Bonchev–Trinajstić information content (AvgIpc) is 1.64. The topological polar surface area (TPSA) is 54.4 Å². The molecule has 0 amide bonds. The minimum Gasteiger partial charge on any atom is -1.00 e. The molecule has 0 rings (SSSR count). The van der Waals surface area contributed by atoms with Crippen LogP contribution in [0.3, 0.4) is 0 Å². The molecule has 0 saturated heterocycles. The van der Waals surface area contributed by atoms with Gasteiger partial charge in [-0.05, 0) is 12.2 Å². The molecule has 0 radical (unpaired) electrons. The van der Waals surface area contributed by atoms with Crippen LogP contribution in [0, 0.1) is 0 Å². The van der Waals surface area contributed by atoms with Gasteiger partial charge >= 0.3 is 29.6 Å². The molecule has 0 heterocycles. The molecule has 0 spiro atoms. The van der Waals surface area contributed by atoms with Crippen molar-refractivity contribution in [2.24, 2.45) is 0 Å². The summed E-state index contributed by atoms with van der Waals surface area (Å²) in [7, 11) is -3.95. The Morgan fingerprint density at radius 2 is 2.00 bits per heavy atom. The van der Waals surface area contributed by atoms with Crippen LogP contribution in [0.2, 0.25) is 0 Å². The maximum atomic E-state index is 10.2. The second kappa shape index (κ2) is 6.16. The zero-order valence-electron chi connectivity index (χ0n) is 6.56. The number of hydrogen-bond acceptors (Lipinski definition) is 4. The number of thiol groups is 2. The summed E-state index contributed by atoms with van der Waals surface area (Å²) in [5, 5.41) is 0. The quantitative estimate of drug-likeness (QED) is 0.277. The maximum absolute atomic E-state index is 10.2. The van der Waals surface area contributed by atoms with Gasteiger partial charge < -0.3 is 1.43 Å². The first-order valence-electron chi connectivity index (χ1n) is 2.23. The van der Waals surface area contributed by atoms with Crippen LogP contribution in [0.5, 0.6) is 0 Å². The van der Waals surface area contributed by atoms with E-state index in [1.165, 1.54) is 0 Å². The van der Waals surface area contributed by atoms with Gasteiger partial charge in [-0.2, -0.15) is 33.7 Å². The molecule has 1 unspecified atom stereocenters. The molecule has 1 atom stereocenters. The predicted molar refractivity (Wildman–Crippen MR) is 43.9 cm³/mol. The van der Waals surface area contributed by atoms with Crippen molar-refractivity contribution in [3.8, 4) is 0 Å². The summed E-state index contributed by atoms with van der Waals surface area (Å²) in [5.74, 6) is 0.397. The Balaban J connectivity index is -0.000000320. The molecule has 0 aliphatic heterocycles. The third-order valence-electron chi connectivity index (χ3n) is 0.720. The molecule has 0 aliphatic carbocycles. The Morgan fingerprint density at radius 1 is 1.60 bits per heavy atom. The molecule has 0 aromatic heterocycles. The molecule has 0 aromatic carbocycles. The van der Waals surface area contributed by atoms with Crippen molar-refractivity contribution in [2.45, 2.75) is 11.0 Å². The number of rotatable bonds is 3. The van der Waals surface area contributed by atoms with Crippen molar-refractivity contribution in [1.29, 1.82) is 0 Å². The van der Waals surface area contributed by atoms with E-state index in [1.54, 1.807) is 0 Å². The zero-order chi connectivity index (χ0) is 7.49. The van der Waals surface area contributed by atoms with Gasteiger partial charge in [0.05, 0.1) is 0 Å². The van der Waals surface area contributed by atoms with Gasteiger partial charge in [-0.25, -0.2) is 0 Å². The molecule has 0 aromatic rings. The molecule has 0 aliphatic rings. The van der Waals surface area contributed by atoms with Crippen LogP contribution in [-0.2, 0) is 10.1 Å². The standard InChI is InChI=1S/C3H8O3S3.Na.H/c4-9(5,6)3(8)1-2-7;;/h3,7-8H,1-2H2,(H,4,5,6);;/q;+1;-1. The summed E-state index contributed by atoms with van der Waals surface area (Å²) in [5.41, 5.74) is 0. The van der Waals surface area contributed by atoms with Crippen LogP contribution < -0.4 is 29.6 Å². The molecule has 3 nitrogen and oxygen atoms in total. The van der Waals surface area contributed by atoms with E-state index >= 15 is 0 Å². The molecular weight excluding hydrogens is 203 g/mol. The summed E-state index contributed by atoms with van der Waals surface area (Å²) >= 11 is 7.37. The molecule has 7 heteroatoms. The van der Waals surface area contributed by atoms with Crippen LogP contribution in [0.15, 0.2) is 0 Å². The summed E-state index contributed by atoms with van der Waals surface area (Å²) in [6.45, 7) is 0. The Morgan fingerprint density at radius 3 is 2.10 bits per heavy atom. The summed E-state index contributed by atoms with van der Waals surface area (Å²) in [6, 6.07) is 0. The molecule has 10 heavy (non-hydrogen) atoms. The second-order valence-electron chi connectivity index (χ2n) is 1.48. The third-order valence-corrected chi connectivity index (χ3v) is 2.96. The van der Waals surface area contributed by atoms with E-state index in [0.29, 0.717) is 5.75 Å². The zero-order valence-corrected chi connectivity index (χ0v) is 10.2. The first kappa shape index (κ1) is 14.2. The Bertz CT molecular complexity index is 171. The van der Waals surface area contributed by atoms with Crippen LogP contribution in [0.1, 0.15) is 7.85 Å². The van der Waals surface area contributed by atoms with Crippen molar-refractivity contribution in [3.05, 3.63) is 0 Å². The van der Waals surface area contributed by atoms with Crippen LogP contribution in [0.4, 0.5) is 0 Å². The van der Waals surface area contributed by atoms with Crippen molar-refractivity contribution in [3.63, 3.8) is 0 Å². The van der Waals surface area contributed by atoms with E-state index in [9.17, 15) is 8.42 Å².